The number of likely N-dealkylation sites (tertiary alicyclic amines) is 1. The van der Waals surface area contributed by atoms with Crippen molar-refractivity contribution in [3.63, 3.8) is 0 Å². The molecule has 0 amide bonds. The van der Waals surface area contributed by atoms with Crippen LogP contribution in [-0.4, -0.2) is 30.5 Å². The molecule has 1 aliphatic heterocycles. The van der Waals surface area contributed by atoms with Crippen LogP contribution in [0.3, 0.4) is 0 Å². The molecule has 0 radical (unpaired) electrons. The lowest BCUT2D eigenvalue weighted by atomic mass is 10.0. The van der Waals surface area contributed by atoms with Crippen LogP contribution in [0.15, 0.2) is 0 Å². The Hall–Kier alpha value is -0.180. The molecule has 9 heavy (non-hydrogen) atoms. The van der Waals surface area contributed by atoms with E-state index in [9.17, 15) is 8.78 Å². The third-order valence-corrected chi connectivity index (χ3v) is 1.88. The molecule has 0 aromatic carbocycles. The Kier molecular flexibility index (Phi) is 2.01. The van der Waals surface area contributed by atoms with Crippen LogP contribution in [0, 0.1) is 0 Å². The monoisotopic (exact) mass is 135 g/mol. The summed E-state index contributed by atoms with van der Waals surface area (Å²) in [4.78, 5) is 1.80. The first-order valence-electron chi connectivity index (χ1n) is 3.28. The molecule has 1 atom stereocenters. The second kappa shape index (κ2) is 2.60. The fourth-order valence-electron chi connectivity index (χ4n) is 1.14. The largest absolute Gasteiger partial charge is 0.295 e. The summed E-state index contributed by atoms with van der Waals surface area (Å²) in [5.41, 5.74) is 0. The molecule has 1 rings (SSSR count). The molecule has 0 aromatic rings. The highest BCUT2D eigenvalue weighted by Crippen LogP contribution is 2.22. The maximum atomic E-state index is 11.9. The Morgan fingerprint density at radius 3 is 2.44 bits per heavy atom. The zero-order valence-electron chi connectivity index (χ0n) is 5.48. The predicted molar refractivity (Wildman–Crippen MR) is 31.7 cm³/mol. The lowest BCUT2D eigenvalue weighted by Crippen LogP contribution is -2.51. The van der Waals surface area contributed by atoms with Crippen LogP contribution in [-0.2, 0) is 0 Å². The average molecular weight is 135 g/mol. The fourth-order valence-corrected chi connectivity index (χ4v) is 1.14. The van der Waals surface area contributed by atoms with E-state index in [-0.39, 0.29) is 0 Å². The Balaban J connectivity index is 2.27. The first-order valence-corrected chi connectivity index (χ1v) is 3.28. The summed E-state index contributed by atoms with van der Waals surface area (Å²) in [5, 5.41) is 0. The van der Waals surface area contributed by atoms with Crippen LogP contribution < -0.4 is 0 Å². The van der Waals surface area contributed by atoms with E-state index >= 15 is 0 Å². The van der Waals surface area contributed by atoms with Gasteiger partial charge in [0.05, 0.1) is 6.04 Å². The summed E-state index contributed by atoms with van der Waals surface area (Å²) in [6, 6.07) is -0.435. The van der Waals surface area contributed by atoms with E-state index in [4.69, 9.17) is 0 Å². The van der Waals surface area contributed by atoms with Gasteiger partial charge in [0.1, 0.15) is 0 Å². The van der Waals surface area contributed by atoms with Gasteiger partial charge in [-0.2, -0.15) is 0 Å². The van der Waals surface area contributed by atoms with Crippen LogP contribution in [0.1, 0.15) is 13.3 Å². The van der Waals surface area contributed by atoms with Gasteiger partial charge in [0, 0.05) is 6.54 Å². The molecule has 1 fully saturated rings. The molecule has 0 saturated carbocycles. The van der Waals surface area contributed by atoms with E-state index in [2.05, 4.69) is 0 Å². The van der Waals surface area contributed by atoms with Gasteiger partial charge >= 0.3 is 0 Å². The van der Waals surface area contributed by atoms with E-state index in [0.29, 0.717) is 6.42 Å². The van der Waals surface area contributed by atoms with Crippen molar-refractivity contribution in [3.8, 4) is 0 Å². The van der Waals surface area contributed by atoms with Crippen molar-refractivity contribution in [1.82, 2.24) is 4.90 Å². The third kappa shape index (κ3) is 1.21. The van der Waals surface area contributed by atoms with E-state index in [1.807, 2.05) is 6.92 Å². The second-order valence-electron chi connectivity index (χ2n) is 2.32. The zero-order valence-corrected chi connectivity index (χ0v) is 5.48. The number of nitrogens with zero attached hydrogens (tertiary/aromatic N) is 1. The van der Waals surface area contributed by atoms with Gasteiger partial charge in [0.15, 0.2) is 0 Å². The Morgan fingerprint density at radius 1 is 1.67 bits per heavy atom. The maximum Gasteiger partial charge on any atom is 0.253 e. The smallest absolute Gasteiger partial charge is 0.253 e. The van der Waals surface area contributed by atoms with Gasteiger partial charge in [-0.3, -0.25) is 4.90 Å². The fraction of sp³-hybridized carbons (Fsp3) is 1.00. The van der Waals surface area contributed by atoms with Crippen molar-refractivity contribution in [1.29, 1.82) is 0 Å². The van der Waals surface area contributed by atoms with Crippen LogP contribution in [0.25, 0.3) is 0 Å². The first kappa shape index (κ1) is 6.93. The molecular weight excluding hydrogens is 124 g/mol. The maximum absolute atomic E-state index is 11.9. The summed E-state index contributed by atoms with van der Waals surface area (Å²) >= 11 is 0. The number of hydrogen-bond acceptors (Lipinski definition) is 1. The number of rotatable bonds is 2. The van der Waals surface area contributed by atoms with Crippen molar-refractivity contribution >= 4 is 0 Å². The average Bonchev–Trinajstić information content (AvgIpc) is 1.61. The normalized spacial score (nSPS) is 28.7. The van der Waals surface area contributed by atoms with E-state index in [1.165, 1.54) is 0 Å². The molecule has 54 valence electrons. The lowest BCUT2D eigenvalue weighted by molar-refractivity contribution is -0.0308. The van der Waals surface area contributed by atoms with Crippen molar-refractivity contribution in [2.75, 3.05) is 13.1 Å². The van der Waals surface area contributed by atoms with Gasteiger partial charge < -0.3 is 0 Å². The van der Waals surface area contributed by atoms with Gasteiger partial charge in [0.25, 0.3) is 6.43 Å². The minimum atomic E-state index is -2.14. The quantitative estimate of drug-likeness (QED) is 0.552. The summed E-state index contributed by atoms with van der Waals surface area (Å²) in [6.07, 6.45) is -1.47. The topological polar surface area (TPSA) is 3.24 Å². The molecule has 3 heteroatoms. The molecule has 0 aromatic heterocycles. The third-order valence-electron chi connectivity index (χ3n) is 1.88. The van der Waals surface area contributed by atoms with E-state index < -0.39 is 12.5 Å². The van der Waals surface area contributed by atoms with Crippen LogP contribution in [0.4, 0.5) is 8.78 Å². The molecule has 0 N–H and O–H groups in total. The summed E-state index contributed by atoms with van der Waals surface area (Å²) < 4.78 is 23.8. The Bertz CT molecular complexity index is 93.1. The van der Waals surface area contributed by atoms with Gasteiger partial charge in [0.2, 0.25) is 0 Å². The van der Waals surface area contributed by atoms with Crippen LogP contribution in [0.5, 0.6) is 0 Å². The molecule has 0 aliphatic carbocycles. The second-order valence-corrected chi connectivity index (χ2v) is 2.32. The molecule has 0 bridgehead atoms. The standard InChI is InChI=1S/C6H11F2N/c1-2-9-4-3-5(9)6(7)8/h5-6H,2-4H2,1H3/t5-/m1/s1. The number of hydrogen-bond donors (Lipinski definition) is 0. The molecule has 0 unspecified atom stereocenters. The highest BCUT2D eigenvalue weighted by atomic mass is 19.3. The zero-order chi connectivity index (χ0) is 6.85. The number of alkyl halides is 2. The van der Waals surface area contributed by atoms with Gasteiger partial charge in [-0.05, 0) is 13.0 Å². The lowest BCUT2D eigenvalue weighted by Gasteiger charge is -2.39. The minimum Gasteiger partial charge on any atom is -0.295 e. The molecule has 1 nitrogen and oxygen atoms in total. The molecule has 0 spiro atoms. The van der Waals surface area contributed by atoms with Crippen molar-refractivity contribution < 1.29 is 8.78 Å². The van der Waals surface area contributed by atoms with E-state index in [0.717, 1.165) is 13.1 Å². The highest BCUT2D eigenvalue weighted by Gasteiger charge is 2.33. The molecule has 1 aliphatic rings. The number of halogens is 2. The van der Waals surface area contributed by atoms with Crippen LogP contribution >= 0.6 is 0 Å². The van der Waals surface area contributed by atoms with Crippen LogP contribution in [0.2, 0.25) is 0 Å². The summed E-state index contributed by atoms with van der Waals surface area (Å²) in [5.74, 6) is 0. The molecule has 1 heterocycles. The first-order chi connectivity index (χ1) is 4.25. The van der Waals surface area contributed by atoms with Gasteiger partial charge in [-0.1, -0.05) is 6.92 Å². The van der Waals surface area contributed by atoms with Gasteiger partial charge in [-0.15, -0.1) is 0 Å². The molecular formula is C6H11F2N. The predicted octanol–water partition coefficient (Wildman–Crippen LogP) is 1.35. The SMILES string of the molecule is CCN1CC[C@@H]1C(F)F. The van der Waals surface area contributed by atoms with Crippen molar-refractivity contribution in [3.05, 3.63) is 0 Å². The summed E-state index contributed by atoms with van der Waals surface area (Å²) in [7, 11) is 0. The minimum absolute atomic E-state index is 0.435. The highest BCUT2D eigenvalue weighted by molar-refractivity contribution is 4.83. The van der Waals surface area contributed by atoms with Crippen molar-refractivity contribution in [2.45, 2.75) is 25.8 Å². The van der Waals surface area contributed by atoms with Gasteiger partial charge in [-0.25, -0.2) is 8.78 Å². The van der Waals surface area contributed by atoms with E-state index in [1.54, 1.807) is 4.90 Å². The Labute approximate surface area is 53.6 Å². The summed E-state index contributed by atoms with van der Waals surface area (Å²) in [6.45, 7) is 3.52. The Morgan fingerprint density at radius 2 is 2.33 bits per heavy atom. The molecule has 1 saturated heterocycles. The van der Waals surface area contributed by atoms with Crippen molar-refractivity contribution in [2.24, 2.45) is 0 Å².